The lowest BCUT2D eigenvalue weighted by atomic mass is 9.83. The summed E-state index contributed by atoms with van der Waals surface area (Å²) in [6, 6.07) is 6.15. The third-order valence-corrected chi connectivity index (χ3v) is 5.18. The van der Waals surface area contributed by atoms with E-state index in [1.807, 2.05) is 12.1 Å². The van der Waals surface area contributed by atoms with Crippen molar-refractivity contribution in [2.45, 2.75) is 64.1 Å². The topological polar surface area (TPSA) is 73.6 Å². The molecule has 1 amide bonds. The van der Waals surface area contributed by atoms with Gasteiger partial charge in [0.25, 0.3) is 0 Å². The molecule has 0 bridgehead atoms. The summed E-state index contributed by atoms with van der Waals surface area (Å²) < 4.78 is 11.4. The number of amides is 1. The minimum atomic E-state index is -0.0445. The minimum absolute atomic E-state index is 0. The predicted octanol–water partition coefficient (Wildman–Crippen LogP) is 2.97. The molecule has 0 unspecified atom stereocenters. The van der Waals surface area contributed by atoms with Crippen LogP contribution in [-0.2, 0) is 22.5 Å². The van der Waals surface area contributed by atoms with E-state index < -0.39 is 0 Å². The Kier molecular flexibility index (Phi) is 8.19. The van der Waals surface area contributed by atoms with Crippen molar-refractivity contribution in [1.82, 2.24) is 5.32 Å². The number of aryl methyl sites for hydroxylation is 1. The van der Waals surface area contributed by atoms with Crippen molar-refractivity contribution in [2.75, 3.05) is 13.2 Å². The highest BCUT2D eigenvalue weighted by atomic mass is 35.5. The van der Waals surface area contributed by atoms with Gasteiger partial charge < -0.3 is 20.5 Å². The van der Waals surface area contributed by atoms with Crippen LogP contribution in [0.1, 0.15) is 50.2 Å². The molecule has 1 saturated carbocycles. The van der Waals surface area contributed by atoms with Crippen LogP contribution in [0.2, 0.25) is 0 Å². The zero-order valence-electron chi connectivity index (χ0n) is 15.5. The Morgan fingerprint density at radius 3 is 3.00 bits per heavy atom. The molecule has 0 spiro atoms. The number of hydrogen-bond donors (Lipinski definition) is 2. The highest BCUT2D eigenvalue weighted by molar-refractivity contribution is 5.85. The van der Waals surface area contributed by atoms with Crippen LogP contribution < -0.4 is 15.8 Å². The zero-order valence-corrected chi connectivity index (χ0v) is 16.4. The lowest BCUT2D eigenvalue weighted by Crippen LogP contribution is -2.46. The highest BCUT2D eigenvalue weighted by Crippen LogP contribution is 2.27. The Labute approximate surface area is 162 Å². The molecule has 1 heterocycles. The SMILES string of the molecule is CCCO[C@@H]1CC[C@H](C(=O)NCc2ccc3c(c2)CCCO3)C[C@H]1N.Cl. The van der Waals surface area contributed by atoms with Gasteiger partial charge in [-0.3, -0.25) is 4.79 Å². The van der Waals surface area contributed by atoms with Crippen molar-refractivity contribution < 1.29 is 14.3 Å². The fourth-order valence-electron chi connectivity index (χ4n) is 3.75. The first-order valence-electron chi connectivity index (χ1n) is 9.57. The summed E-state index contributed by atoms with van der Waals surface area (Å²) >= 11 is 0. The van der Waals surface area contributed by atoms with Gasteiger partial charge in [0.15, 0.2) is 0 Å². The van der Waals surface area contributed by atoms with Crippen LogP contribution in [0.4, 0.5) is 0 Å². The van der Waals surface area contributed by atoms with Crippen molar-refractivity contribution in [1.29, 1.82) is 0 Å². The van der Waals surface area contributed by atoms with E-state index in [0.29, 0.717) is 13.0 Å². The number of rotatable bonds is 6. The normalized spacial score (nSPS) is 24.8. The van der Waals surface area contributed by atoms with Gasteiger partial charge in [0.2, 0.25) is 5.91 Å². The quantitative estimate of drug-likeness (QED) is 0.793. The van der Waals surface area contributed by atoms with Crippen molar-refractivity contribution in [3.05, 3.63) is 29.3 Å². The standard InChI is InChI=1S/C20H30N2O3.ClH/c1-2-9-24-19-8-6-16(12-17(19)21)20(23)22-13-14-5-7-18-15(11-14)4-3-10-25-18;/h5,7,11,16-17,19H,2-4,6,8-10,12-13,21H2,1H3,(H,22,23);1H/t16-,17+,19+;/m0./s1. The molecule has 0 radical (unpaired) electrons. The molecular weight excluding hydrogens is 352 g/mol. The largest absolute Gasteiger partial charge is 0.493 e. The van der Waals surface area contributed by atoms with Crippen molar-refractivity contribution in [3.63, 3.8) is 0 Å². The van der Waals surface area contributed by atoms with Gasteiger partial charge in [0, 0.05) is 25.1 Å². The third-order valence-electron chi connectivity index (χ3n) is 5.18. The van der Waals surface area contributed by atoms with Crippen LogP contribution in [0.3, 0.4) is 0 Å². The second-order valence-electron chi connectivity index (χ2n) is 7.19. The van der Waals surface area contributed by atoms with Gasteiger partial charge in [-0.05, 0) is 55.7 Å². The number of nitrogens with two attached hydrogens (primary N) is 1. The van der Waals surface area contributed by atoms with Gasteiger partial charge in [0.05, 0.1) is 12.7 Å². The summed E-state index contributed by atoms with van der Waals surface area (Å²) in [4.78, 5) is 12.5. The van der Waals surface area contributed by atoms with Crippen LogP contribution >= 0.6 is 12.4 Å². The minimum Gasteiger partial charge on any atom is -0.493 e. The zero-order chi connectivity index (χ0) is 17.6. The third kappa shape index (κ3) is 5.35. The smallest absolute Gasteiger partial charge is 0.223 e. The molecule has 3 N–H and O–H groups in total. The van der Waals surface area contributed by atoms with Crippen LogP contribution in [0.5, 0.6) is 5.75 Å². The molecule has 1 aliphatic carbocycles. The second kappa shape index (κ2) is 10.1. The number of nitrogens with one attached hydrogen (secondary N) is 1. The molecule has 26 heavy (non-hydrogen) atoms. The molecular formula is C20H31ClN2O3. The molecule has 0 saturated heterocycles. The molecule has 1 aromatic rings. The van der Waals surface area contributed by atoms with E-state index in [9.17, 15) is 4.79 Å². The number of fused-ring (bicyclic) bond motifs is 1. The molecule has 1 fully saturated rings. The van der Waals surface area contributed by atoms with Crippen molar-refractivity contribution >= 4 is 18.3 Å². The van der Waals surface area contributed by atoms with Gasteiger partial charge in [-0.1, -0.05) is 19.1 Å². The molecule has 3 rings (SSSR count). The predicted molar refractivity (Wildman–Crippen MR) is 105 cm³/mol. The maximum atomic E-state index is 12.5. The maximum Gasteiger partial charge on any atom is 0.223 e. The summed E-state index contributed by atoms with van der Waals surface area (Å²) in [6.07, 6.45) is 5.64. The Hall–Kier alpha value is -1.30. The first-order chi connectivity index (χ1) is 12.2. The van der Waals surface area contributed by atoms with Gasteiger partial charge in [-0.25, -0.2) is 0 Å². The first-order valence-corrected chi connectivity index (χ1v) is 9.57. The summed E-state index contributed by atoms with van der Waals surface area (Å²) in [5, 5.41) is 3.08. The van der Waals surface area contributed by atoms with Crippen LogP contribution in [-0.4, -0.2) is 31.3 Å². The summed E-state index contributed by atoms with van der Waals surface area (Å²) in [6.45, 7) is 4.20. The lowest BCUT2D eigenvalue weighted by molar-refractivity contribution is -0.127. The molecule has 1 aliphatic heterocycles. The van der Waals surface area contributed by atoms with Gasteiger partial charge in [-0.15, -0.1) is 12.4 Å². The Balaban J connectivity index is 0.00000243. The fraction of sp³-hybridized carbons (Fsp3) is 0.650. The molecule has 0 aromatic heterocycles. The van der Waals surface area contributed by atoms with E-state index >= 15 is 0 Å². The number of benzene rings is 1. The number of halogens is 1. The molecule has 146 valence electrons. The average Bonchev–Trinajstić information content (AvgIpc) is 2.65. The number of carbonyl (C=O) groups excluding carboxylic acids is 1. The van der Waals surface area contributed by atoms with Crippen LogP contribution in [0.25, 0.3) is 0 Å². The average molecular weight is 383 g/mol. The number of ether oxygens (including phenoxy) is 2. The monoisotopic (exact) mass is 382 g/mol. The number of hydrogen-bond acceptors (Lipinski definition) is 4. The second-order valence-corrected chi connectivity index (χ2v) is 7.19. The van der Waals surface area contributed by atoms with E-state index in [2.05, 4.69) is 18.3 Å². The van der Waals surface area contributed by atoms with E-state index in [4.69, 9.17) is 15.2 Å². The maximum absolute atomic E-state index is 12.5. The Morgan fingerprint density at radius 1 is 1.38 bits per heavy atom. The highest BCUT2D eigenvalue weighted by Gasteiger charge is 2.32. The van der Waals surface area contributed by atoms with Crippen molar-refractivity contribution in [2.24, 2.45) is 11.7 Å². The van der Waals surface area contributed by atoms with Crippen LogP contribution in [0.15, 0.2) is 18.2 Å². The number of carbonyl (C=O) groups is 1. The lowest BCUT2D eigenvalue weighted by Gasteiger charge is -2.33. The molecule has 5 nitrogen and oxygen atoms in total. The van der Waals surface area contributed by atoms with E-state index in [1.54, 1.807) is 0 Å². The van der Waals surface area contributed by atoms with Crippen LogP contribution in [0, 0.1) is 5.92 Å². The molecule has 2 aliphatic rings. The molecule has 3 atom stereocenters. The Bertz CT molecular complexity index is 596. The van der Waals surface area contributed by atoms with Gasteiger partial charge in [-0.2, -0.15) is 0 Å². The molecule has 6 heteroatoms. The van der Waals surface area contributed by atoms with Gasteiger partial charge in [0.1, 0.15) is 5.75 Å². The molecule has 1 aromatic carbocycles. The fourth-order valence-corrected chi connectivity index (χ4v) is 3.75. The van der Waals surface area contributed by atoms with E-state index in [1.165, 1.54) is 5.56 Å². The Morgan fingerprint density at radius 2 is 2.23 bits per heavy atom. The summed E-state index contributed by atoms with van der Waals surface area (Å²) in [5.74, 6) is 1.09. The summed E-state index contributed by atoms with van der Waals surface area (Å²) in [7, 11) is 0. The summed E-state index contributed by atoms with van der Waals surface area (Å²) in [5.41, 5.74) is 8.58. The van der Waals surface area contributed by atoms with E-state index in [0.717, 1.165) is 56.6 Å². The van der Waals surface area contributed by atoms with E-state index in [-0.39, 0.29) is 36.4 Å². The van der Waals surface area contributed by atoms with Crippen molar-refractivity contribution in [3.8, 4) is 5.75 Å². The van der Waals surface area contributed by atoms with Gasteiger partial charge >= 0.3 is 0 Å². The first kappa shape index (κ1) is 21.0.